The molecule has 0 bridgehead atoms. The van der Waals surface area contributed by atoms with E-state index in [4.69, 9.17) is 9.84 Å². The predicted octanol–water partition coefficient (Wildman–Crippen LogP) is 1.06. The van der Waals surface area contributed by atoms with Gasteiger partial charge in [0.25, 0.3) is 0 Å². The molecule has 1 heterocycles. The van der Waals surface area contributed by atoms with Crippen LogP contribution in [-0.4, -0.2) is 36.4 Å². The molecular formula is C11H18O5. The highest BCUT2D eigenvalue weighted by molar-refractivity contribution is 5.74. The van der Waals surface area contributed by atoms with Crippen LogP contribution in [-0.2, 0) is 19.1 Å². The first kappa shape index (κ1) is 13.0. The number of carboxylic acids is 1. The number of hydrogen-bond acceptors (Lipinski definition) is 4. The van der Waals surface area contributed by atoms with Crippen molar-refractivity contribution < 1.29 is 24.2 Å². The van der Waals surface area contributed by atoms with E-state index in [0.717, 1.165) is 6.42 Å². The van der Waals surface area contributed by atoms with Crippen LogP contribution in [0.5, 0.6) is 0 Å². The van der Waals surface area contributed by atoms with Crippen molar-refractivity contribution in [1.82, 2.24) is 0 Å². The van der Waals surface area contributed by atoms with Gasteiger partial charge in [-0.05, 0) is 25.7 Å². The summed E-state index contributed by atoms with van der Waals surface area (Å²) in [5.41, 5.74) is 0. The van der Waals surface area contributed by atoms with Crippen molar-refractivity contribution in [3.63, 3.8) is 0 Å². The third-order valence-corrected chi connectivity index (χ3v) is 3.12. The summed E-state index contributed by atoms with van der Waals surface area (Å²) in [5.74, 6) is -1.75. The van der Waals surface area contributed by atoms with Crippen molar-refractivity contribution in [1.29, 1.82) is 0 Å². The zero-order valence-electron chi connectivity index (χ0n) is 9.80. The number of carboxylic acid groups (broad SMARTS) is 1. The van der Waals surface area contributed by atoms with E-state index in [2.05, 4.69) is 4.74 Å². The van der Waals surface area contributed by atoms with Crippen molar-refractivity contribution in [2.75, 3.05) is 7.11 Å². The fraction of sp³-hybridized carbons (Fsp3) is 0.818. The second-order valence-corrected chi connectivity index (χ2v) is 4.30. The topological polar surface area (TPSA) is 72.8 Å². The zero-order chi connectivity index (χ0) is 12.3. The molecule has 4 atom stereocenters. The fourth-order valence-electron chi connectivity index (χ4n) is 1.98. The van der Waals surface area contributed by atoms with Crippen molar-refractivity contribution in [3.05, 3.63) is 0 Å². The van der Waals surface area contributed by atoms with Gasteiger partial charge in [0, 0.05) is 0 Å². The average Bonchev–Trinajstić information content (AvgIpc) is 2.27. The van der Waals surface area contributed by atoms with Crippen LogP contribution in [0.3, 0.4) is 0 Å². The van der Waals surface area contributed by atoms with Crippen LogP contribution in [0.2, 0.25) is 0 Å². The first-order valence-electron chi connectivity index (χ1n) is 5.43. The quantitative estimate of drug-likeness (QED) is 0.734. The molecule has 1 N–H and O–H groups in total. The highest BCUT2D eigenvalue weighted by Gasteiger charge is 2.37. The maximum absolute atomic E-state index is 11.3. The van der Waals surface area contributed by atoms with Crippen molar-refractivity contribution in [3.8, 4) is 0 Å². The molecule has 0 aliphatic carbocycles. The minimum absolute atomic E-state index is 0.0152. The summed E-state index contributed by atoms with van der Waals surface area (Å²) in [7, 11) is 1.32. The maximum Gasteiger partial charge on any atom is 0.333 e. The number of aliphatic carboxylic acids is 1. The first-order chi connectivity index (χ1) is 7.47. The largest absolute Gasteiger partial charge is 0.479 e. The molecule has 1 rings (SSSR count). The molecule has 1 aliphatic rings. The molecule has 0 radical (unpaired) electrons. The number of esters is 1. The Hall–Kier alpha value is -1.10. The van der Waals surface area contributed by atoms with E-state index in [1.165, 1.54) is 7.11 Å². The van der Waals surface area contributed by atoms with Gasteiger partial charge in [-0.2, -0.15) is 0 Å². The van der Waals surface area contributed by atoms with Crippen LogP contribution in [0.25, 0.3) is 0 Å². The minimum Gasteiger partial charge on any atom is -0.479 e. The monoisotopic (exact) mass is 230 g/mol. The Morgan fingerprint density at radius 1 is 1.44 bits per heavy atom. The minimum atomic E-state index is -0.964. The molecule has 5 nitrogen and oxygen atoms in total. The standard InChI is InChI=1S/C11H18O5/c1-6-4-5-8(7(2)11(14)15-3)16-9(6)10(12)13/h6-9H,4-5H2,1-3H3,(H,12,13)/t6-,7+,8+,9+/m0/s1. The van der Waals surface area contributed by atoms with E-state index in [-0.39, 0.29) is 18.0 Å². The molecule has 0 saturated carbocycles. The van der Waals surface area contributed by atoms with Crippen LogP contribution < -0.4 is 0 Å². The number of hydrogen-bond donors (Lipinski definition) is 1. The molecule has 92 valence electrons. The molecular weight excluding hydrogens is 212 g/mol. The van der Waals surface area contributed by atoms with Crippen LogP contribution in [0, 0.1) is 11.8 Å². The van der Waals surface area contributed by atoms with Gasteiger partial charge in [-0.25, -0.2) is 4.79 Å². The fourth-order valence-corrected chi connectivity index (χ4v) is 1.98. The molecule has 0 spiro atoms. The van der Waals surface area contributed by atoms with Gasteiger partial charge in [-0.15, -0.1) is 0 Å². The SMILES string of the molecule is COC(=O)[C@H](C)[C@H]1CC[C@H](C)[C@H](C(=O)O)O1. The lowest BCUT2D eigenvalue weighted by atomic mass is 9.89. The lowest BCUT2D eigenvalue weighted by Gasteiger charge is -2.34. The number of carbonyl (C=O) groups is 2. The van der Waals surface area contributed by atoms with Gasteiger partial charge in [-0.3, -0.25) is 4.79 Å². The zero-order valence-corrected chi connectivity index (χ0v) is 9.80. The summed E-state index contributed by atoms with van der Waals surface area (Å²) in [6, 6.07) is 0. The highest BCUT2D eigenvalue weighted by atomic mass is 16.5. The molecule has 0 aromatic rings. The van der Waals surface area contributed by atoms with Crippen molar-refractivity contribution in [2.24, 2.45) is 11.8 Å². The number of carbonyl (C=O) groups excluding carboxylic acids is 1. The summed E-state index contributed by atoms with van der Waals surface area (Å²) in [5, 5.41) is 8.96. The lowest BCUT2D eigenvalue weighted by Crippen LogP contribution is -2.43. The molecule has 0 aromatic carbocycles. The van der Waals surface area contributed by atoms with E-state index in [0.29, 0.717) is 6.42 Å². The van der Waals surface area contributed by atoms with Crippen molar-refractivity contribution >= 4 is 11.9 Å². The molecule has 5 heteroatoms. The second-order valence-electron chi connectivity index (χ2n) is 4.30. The van der Waals surface area contributed by atoms with Crippen LogP contribution in [0.4, 0.5) is 0 Å². The van der Waals surface area contributed by atoms with E-state index in [9.17, 15) is 9.59 Å². The summed E-state index contributed by atoms with van der Waals surface area (Å²) in [6.45, 7) is 3.54. The van der Waals surface area contributed by atoms with E-state index in [1.54, 1.807) is 6.92 Å². The van der Waals surface area contributed by atoms with E-state index < -0.39 is 18.0 Å². The van der Waals surface area contributed by atoms with Crippen LogP contribution >= 0.6 is 0 Å². The Kier molecular flexibility index (Phi) is 4.29. The van der Waals surface area contributed by atoms with Gasteiger partial charge in [0.2, 0.25) is 0 Å². The molecule has 16 heavy (non-hydrogen) atoms. The number of ether oxygens (including phenoxy) is 2. The third-order valence-electron chi connectivity index (χ3n) is 3.12. The Balaban J connectivity index is 2.64. The van der Waals surface area contributed by atoms with Gasteiger partial charge in [-0.1, -0.05) is 6.92 Å². The van der Waals surface area contributed by atoms with Crippen LogP contribution in [0.15, 0.2) is 0 Å². The Labute approximate surface area is 94.7 Å². The highest BCUT2D eigenvalue weighted by Crippen LogP contribution is 2.29. The molecule has 1 fully saturated rings. The van der Waals surface area contributed by atoms with Gasteiger partial charge in [0.05, 0.1) is 19.1 Å². The van der Waals surface area contributed by atoms with Crippen molar-refractivity contribution in [2.45, 2.75) is 38.9 Å². The summed E-state index contributed by atoms with van der Waals surface area (Å²) in [4.78, 5) is 22.3. The third kappa shape index (κ3) is 2.72. The Morgan fingerprint density at radius 2 is 2.06 bits per heavy atom. The Bertz CT molecular complexity index is 276. The van der Waals surface area contributed by atoms with E-state index in [1.807, 2.05) is 6.92 Å². The average molecular weight is 230 g/mol. The number of rotatable bonds is 3. The van der Waals surface area contributed by atoms with Gasteiger partial charge in [0.15, 0.2) is 6.10 Å². The second kappa shape index (κ2) is 5.30. The van der Waals surface area contributed by atoms with Gasteiger partial charge >= 0.3 is 11.9 Å². The van der Waals surface area contributed by atoms with Crippen LogP contribution in [0.1, 0.15) is 26.7 Å². The number of methoxy groups -OCH3 is 1. The molecule has 0 unspecified atom stereocenters. The summed E-state index contributed by atoms with van der Waals surface area (Å²) in [6.07, 6.45) is 0.278. The normalized spacial score (nSPS) is 31.8. The summed E-state index contributed by atoms with van der Waals surface area (Å²) >= 11 is 0. The molecule has 1 aliphatic heterocycles. The summed E-state index contributed by atoms with van der Waals surface area (Å²) < 4.78 is 10.1. The molecule has 0 aromatic heterocycles. The lowest BCUT2D eigenvalue weighted by molar-refractivity contribution is -0.175. The Morgan fingerprint density at radius 3 is 2.56 bits per heavy atom. The first-order valence-corrected chi connectivity index (χ1v) is 5.43. The molecule has 0 amide bonds. The van der Waals surface area contributed by atoms with Gasteiger partial charge < -0.3 is 14.6 Å². The smallest absolute Gasteiger partial charge is 0.333 e. The van der Waals surface area contributed by atoms with Gasteiger partial charge in [0.1, 0.15) is 0 Å². The predicted molar refractivity (Wildman–Crippen MR) is 55.9 cm³/mol. The maximum atomic E-state index is 11.3. The van der Waals surface area contributed by atoms with E-state index >= 15 is 0 Å². The molecule has 1 saturated heterocycles.